The molecule has 2 aromatic carbocycles. The first-order valence-corrected chi connectivity index (χ1v) is 12.8. The third-order valence-corrected chi connectivity index (χ3v) is 6.89. The number of terminal acetylenes is 1. The van der Waals surface area contributed by atoms with E-state index in [2.05, 4.69) is 11.2 Å². The topological polar surface area (TPSA) is 80.8 Å². The van der Waals surface area contributed by atoms with Crippen molar-refractivity contribution >= 4 is 17.7 Å². The van der Waals surface area contributed by atoms with E-state index in [1.54, 1.807) is 0 Å². The Balaban J connectivity index is 1.53. The zero-order valence-corrected chi connectivity index (χ0v) is 21.9. The number of amides is 2. The molecule has 5 rings (SSSR count). The van der Waals surface area contributed by atoms with Crippen molar-refractivity contribution in [3.8, 4) is 40.6 Å². The molecule has 1 fully saturated rings. The smallest absolute Gasteiger partial charge is 0.408 e. The zero-order chi connectivity index (χ0) is 26.9. The van der Waals surface area contributed by atoms with E-state index in [1.165, 1.54) is 4.90 Å². The Hall–Kier alpha value is -4.31. The van der Waals surface area contributed by atoms with Crippen molar-refractivity contribution in [2.45, 2.75) is 51.2 Å². The van der Waals surface area contributed by atoms with Crippen LogP contribution in [0, 0.1) is 12.3 Å². The van der Waals surface area contributed by atoms with Crippen LogP contribution >= 0.6 is 0 Å². The summed E-state index contributed by atoms with van der Waals surface area (Å²) in [4.78, 5) is 31.5. The maximum atomic E-state index is 12.6. The summed E-state index contributed by atoms with van der Waals surface area (Å²) in [5.41, 5.74) is 4.04. The summed E-state index contributed by atoms with van der Waals surface area (Å²) in [7, 11) is 0. The summed E-state index contributed by atoms with van der Waals surface area (Å²) in [6.07, 6.45) is 7.86. The number of ether oxygens (including phenoxy) is 2. The van der Waals surface area contributed by atoms with Crippen LogP contribution in [0.5, 0.6) is 5.88 Å². The van der Waals surface area contributed by atoms with Gasteiger partial charge in [0.1, 0.15) is 11.3 Å². The highest BCUT2D eigenvalue weighted by Gasteiger charge is 2.41. The van der Waals surface area contributed by atoms with Crippen molar-refractivity contribution in [2.75, 3.05) is 18.1 Å². The number of pyridine rings is 1. The van der Waals surface area contributed by atoms with Gasteiger partial charge in [-0.2, -0.15) is 0 Å². The Morgan fingerprint density at radius 2 is 1.84 bits per heavy atom. The number of aromatic nitrogens is 1. The minimum atomic E-state index is -0.562. The van der Waals surface area contributed by atoms with Crippen LogP contribution in [0.3, 0.4) is 0 Å². The molecule has 1 aliphatic carbocycles. The summed E-state index contributed by atoms with van der Waals surface area (Å²) >= 11 is 0. The Morgan fingerprint density at radius 3 is 2.45 bits per heavy atom. The lowest BCUT2D eigenvalue weighted by atomic mass is 9.71. The number of rotatable bonds is 5. The lowest BCUT2D eigenvalue weighted by Crippen LogP contribution is -2.52. The van der Waals surface area contributed by atoms with Crippen molar-refractivity contribution in [2.24, 2.45) is 0 Å². The van der Waals surface area contributed by atoms with Crippen LogP contribution < -0.4 is 15.0 Å². The number of hydrogen-bond donors (Lipinski definition) is 1. The SMILES string of the molecule is C#CCN1C(=O)COc2nc(-c3ccc(C4(NC(=O)OC(C)(C)C)CCC4)cc3)c(-c3ccccc3)cc21. The largest absolute Gasteiger partial charge is 0.466 e. The molecule has 2 heterocycles. The Labute approximate surface area is 223 Å². The van der Waals surface area contributed by atoms with E-state index < -0.39 is 17.2 Å². The number of hydrogen-bond acceptors (Lipinski definition) is 5. The van der Waals surface area contributed by atoms with Crippen molar-refractivity contribution in [1.29, 1.82) is 0 Å². The van der Waals surface area contributed by atoms with E-state index in [4.69, 9.17) is 20.9 Å². The fraction of sp³-hybridized carbons (Fsp3) is 0.323. The molecule has 3 aromatic rings. The molecular formula is C31H31N3O4. The van der Waals surface area contributed by atoms with Gasteiger partial charge in [0.2, 0.25) is 5.88 Å². The van der Waals surface area contributed by atoms with Crippen LogP contribution in [0.25, 0.3) is 22.4 Å². The second kappa shape index (κ2) is 9.86. The number of carbonyl (C=O) groups is 2. The number of carbonyl (C=O) groups excluding carboxylic acids is 2. The molecule has 38 heavy (non-hydrogen) atoms. The standard InChI is InChI=1S/C31H31N3O4/c1-5-18-34-25-19-24(21-10-7-6-8-11-21)27(32-28(25)37-20-26(34)35)22-12-14-23(15-13-22)31(16-9-17-31)33-29(36)38-30(2,3)4/h1,6-8,10-15,19H,9,16-18,20H2,2-4H3,(H,33,36). The summed E-state index contributed by atoms with van der Waals surface area (Å²) in [5.74, 6) is 2.73. The van der Waals surface area contributed by atoms with Gasteiger partial charge >= 0.3 is 6.09 Å². The first-order chi connectivity index (χ1) is 18.2. The number of nitrogens with one attached hydrogen (secondary N) is 1. The van der Waals surface area contributed by atoms with Gasteiger partial charge in [-0.05, 0) is 57.2 Å². The van der Waals surface area contributed by atoms with Gasteiger partial charge in [0.25, 0.3) is 5.91 Å². The summed E-state index contributed by atoms with van der Waals surface area (Å²) < 4.78 is 11.2. The molecule has 1 aromatic heterocycles. The maximum absolute atomic E-state index is 12.6. The molecule has 1 N–H and O–H groups in total. The molecule has 7 heteroatoms. The molecule has 0 atom stereocenters. The van der Waals surface area contributed by atoms with Gasteiger partial charge in [-0.15, -0.1) is 6.42 Å². The van der Waals surface area contributed by atoms with Crippen LogP contribution in [0.4, 0.5) is 10.5 Å². The Kier molecular flexibility index (Phi) is 6.58. The Morgan fingerprint density at radius 1 is 1.13 bits per heavy atom. The lowest BCUT2D eigenvalue weighted by Gasteiger charge is -2.43. The molecule has 0 radical (unpaired) electrons. The number of nitrogens with zero attached hydrogens (tertiary/aromatic N) is 2. The molecule has 0 spiro atoms. The number of fused-ring (bicyclic) bond motifs is 1. The van der Waals surface area contributed by atoms with E-state index in [0.29, 0.717) is 11.6 Å². The van der Waals surface area contributed by atoms with Crippen molar-refractivity contribution in [1.82, 2.24) is 10.3 Å². The normalized spacial score (nSPS) is 15.9. The van der Waals surface area contributed by atoms with Gasteiger partial charge in [-0.1, -0.05) is 60.5 Å². The summed E-state index contributed by atoms with van der Waals surface area (Å²) in [5, 5.41) is 3.11. The van der Waals surface area contributed by atoms with Crippen LogP contribution in [0.1, 0.15) is 45.6 Å². The molecule has 2 amide bonds. The average Bonchev–Trinajstić information content (AvgIpc) is 2.87. The fourth-order valence-electron chi connectivity index (χ4n) is 4.91. The highest BCUT2D eigenvalue weighted by Crippen LogP contribution is 2.44. The van der Waals surface area contributed by atoms with Gasteiger partial charge in [-0.3, -0.25) is 9.69 Å². The second-order valence-corrected chi connectivity index (χ2v) is 10.7. The van der Waals surface area contributed by atoms with Crippen molar-refractivity contribution in [3.05, 3.63) is 66.2 Å². The third-order valence-electron chi connectivity index (χ3n) is 6.89. The molecule has 2 aliphatic rings. The van der Waals surface area contributed by atoms with Crippen LogP contribution in [0.2, 0.25) is 0 Å². The summed E-state index contributed by atoms with van der Waals surface area (Å²) in [6.45, 7) is 5.61. The second-order valence-electron chi connectivity index (χ2n) is 10.7. The maximum Gasteiger partial charge on any atom is 0.408 e. The fourth-order valence-corrected chi connectivity index (χ4v) is 4.91. The van der Waals surface area contributed by atoms with Crippen LogP contribution in [0.15, 0.2) is 60.7 Å². The molecule has 1 saturated carbocycles. The number of benzene rings is 2. The molecule has 7 nitrogen and oxygen atoms in total. The molecule has 0 unspecified atom stereocenters. The molecular weight excluding hydrogens is 478 g/mol. The monoisotopic (exact) mass is 509 g/mol. The molecule has 1 aliphatic heterocycles. The van der Waals surface area contributed by atoms with E-state index in [1.807, 2.05) is 81.4 Å². The van der Waals surface area contributed by atoms with E-state index in [-0.39, 0.29) is 19.1 Å². The van der Waals surface area contributed by atoms with Gasteiger partial charge in [-0.25, -0.2) is 9.78 Å². The van der Waals surface area contributed by atoms with Gasteiger partial charge in [0.05, 0.1) is 17.8 Å². The predicted octanol–water partition coefficient (Wildman–Crippen LogP) is 5.68. The Bertz CT molecular complexity index is 1400. The summed E-state index contributed by atoms with van der Waals surface area (Å²) in [6, 6.07) is 19.9. The van der Waals surface area contributed by atoms with Gasteiger partial charge in [0.15, 0.2) is 6.61 Å². The highest BCUT2D eigenvalue weighted by molar-refractivity contribution is 5.99. The lowest BCUT2D eigenvalue weighted by molar-refractivity contribution is -0.121. The van der Waals surface area contributed by atoms with Crippen molar-refractivity contribution in [3.63, 3.8) is 0 Å². The van der Waals surface area contributed by atoms with Gasteiger partial charge < -0.3 is 14.8 Å². The number of anilines is 1. The zero-order valence-electron chi connectivity index (χ0n) is 21.9. The average molecular weight is 510 g/mol. The predicted molar refractivity (Wildman–Crippen MR) is 147 cm³/mol. The van der Waals surface area contributed by atoms with Crippen LogP contribution in [-0.4, -0.2) is 35.7 Å². The highest BCUT2D eigenvalue weighted by atomic mass is 16.6. The van der Waals surface area contributed by atoms with E-state index in [9.17, 15) is 9.59 Å². The van der Waals surface area contributed by atoms with Gasteiger partial charge in [0, 0.05) is 11.1 Å². The number of alkyl carbamates (subject to hydrolysis) is 1. The quantitative estimate of drug-likeness (QED) is 0.448. The minimum absolute atomic E-state index is 0.108. The molecule has 0 saturated heterocycles. The van der Waals surface area contributed by atoms with Crippen LogP contribution in [-0.2, 0) is 15.1 Å². The first-order valence-electron chi connectivity index (χ1n) is 12.8. The molecule has 0 bridgehead atoms. The van der Waals surface area contributed by atoms with E-state index >= 15 is 0 Å². The molecule has 194 valence electrons. The first kappa shape index (κ1) is 25.3. The van der Waals surface area contributed by atoms with Crippen molar-refractivity contribution < 1.29 is 19.1 Å². The minimum Gasteiger partial charge on any atom is -0.466 e. The van der Waals surface area contributed by atoms with E-state index in [0.717, 1.165) is 47.2 Å². The third kappa shape index (κ3) is 4.95.